The van der Waals surface area contributed by atoms with Crippen LogP contribution in [0.2, 0.25) is 0 Å². The van der Waals surface area contributed by atoms with Crippen molar-refractivity contribution in [2.45, 2.75) is 54.6 Å². The van der Waals surface area contributed by atoms with Crippen LogP contribution in [0.5, 0.6) is 0 Å². The molecule has 2 fully saturated rings. The number of rotatable bonds is 6. The smallest absolute Gasteiger partial charge is 0.259 e. The van der Waals surface area contributed by atoms with Gasteiger partial charge in [0.1, 0.15) is 4.21 Å². The summed E-state index contributed by atoms with van der Waals surface area (Å²) in [6.07, 6.45) is 2.02. The Labute approximate surface area is 192 Å². The number of amides is 2. The summed E-state index contributed by atoms with van der Waals surface area (Å²) in [6.45, 7) is 0.248. The second-order valence-electron chi connectivity index (χ2n) is 8.29. The van der Waals surface area contributed by atoms with E-state index in [2.05, 4.69) is 5.32 Å². The quantitative estimate of drug-likeness (QED) is 0.657. The van der Waals surface area contributed by atoms with Crippen LogP contribution < -0.4 is 11.1 Å². The van der Waals surface area contributed by atoms with Gasteiger partial charge in [0.25, 0.3) is 15.9 Å². The van der Waals surface area contributed by atoms with Gasteiger partial charge in [0.2, 0.25) is 5.91 Å². The van der Waals surface area contributed by atoms with Gasteiger partial charge < -0.3 is 16.0 Å². The number of thiophene rings is 1. The van der Waals surface area contributed by atoms with Crippen molar-refractivity contribution in [2.24, 2.45) is 5.73 Å². The maximum Gasteiger partial charge on any atom is 0.259 e. The van der Waals surface area contributed by atoms with E-state index in [0.717, 1.165) is 46.9 Å². The molecule has 2 heterocycles. The molecule has 10 heteroatoms. The molecule has 1 saturated carbocycles. The summed E-state index contributed by atoms with van der Waals surface area (Å²) < 4.78 is 27.9. The van der Waals surface area contributed by atoms with Gasteiger partial charge in [0.15, 0.2) is 6.17 Å². The first kappa shape index (κ1) is 22.9. The van der Waals surface area contributed by atoms with Crippen LogP contribution in [0.25, 0.3) is 0 Å². The number of sulfonamides is 1. The molecule has 0 bridgehead atoms. The standard InChI is InChI=1S/C22H28N4O4S2/c23-17-8-10-18(11-9-17)24-21(28)22-25(19(27)15-16-5-2-1-3-6-16)12-13-26(22)32(29,30)20-7-4-14-31-20/h1-7,14,17-18,22H,8-13,15,23H2,(H,24,28). The fraction of sp³-hybridized carbons (Fsp3) is 0.455. The van der Waals surface area contributed by atoms with E-state index in [-0.39, 0.29) is 41.7 Å². The Balaban J connectivity index is 1.58. The van der Waals surface area contributed by atoms with Crippen LogP contribution in [0.1, 0.15) is 31.2 Å². The second kappa shape index (κ2) is 9.70. The monoisotopic (exact) mass is 476 g/mol. The Bertz CT molecular complexity index is 1040. The van der Waals surface area contributed by atoms with Gasteiger partial charge >= 0.3 is 0 Å². The fourth-order valence-electron chi connectivity index (χ4n) is 4.33. The molecule has 2 aromatic rings. The second-order valence-corrected chi connectivity index (χ2v) is 11.4. The third-order valence-electron chi connectivity index (χ3n) is 6.06. The molecule has 0 spiro atoms. The molecule has 2 aliphatic rings. The number of nitrogens with zero attached hydrogens (tertiary/aromatic N) is 2. The van der Waals surface area contributed by atoms with E-state index in [1.807, 2.05) is 30.3 Å². The molecule has 32 heavy (non-hydrogen) atoms. The van der Waals surface area contributed by atoms with Crippen molar-refractivity contribution in [1.82, 2.24) is 14.5 Å². The molecule has 1 aromatic carbocycles. The molecule has 1 unspecified atom stereocenters. The highest BCUT2D eigenvalue weighted by Crippen LogP contribution is 2.28. The van der Waals surface area contributed by atoms with E-state index in [4.69, 9.17) is 5.73 Å². The predicted octanol–water partition coefficient (Wildman–Crippen LogP) is 1.54. The Morgan fingerprint density at radius 2 is 1.75 bits per heavy atom. The Morgan fingerprint density at radius 1 is 1.03 bits per heavy atom. The third kappa shape index (κ3) is 4.88. The lowest BCUT2D eigenvalue weighted by Crippen LogP contribution is -2.56. The van der Waals surface area contributed by atoms with Crippen LogP contribution in [-0.4, -0.2) is 60.8 Å². The zero-order valence-corrected chi connectivity index (χ0v) is 19.4. The van der Waals surface area contributed by atoms with Crippen LogP contribution in [0.15, 0.2) is 52.1 Å². The lowest BCUT2D eigenvalue weighted by molar-refractivity contribution is -0.140. The highest BCUT2D eigenvalue weighted by molar-refractivity contribution is 7.91. The third-order valence-corrected chi connectivity index (χ3v) is 9.29. The number of hydrogen-bond acceptors (Lipinski definition) is 6. The summed E-state index contributed by atoms with van der Waals surface area (Å²) in [6, 6.07) is 12.5. The van der Waals surface area contributed by atoms with Crippen LogP contribution >= 0.6 is 11.3 Å². The van der Waals surface area contributed by atoms with E-state index < -0.39 is 22.1 Å². The van der Waals surface area contributed by atoms with Gasteiger partial charge in [-0.1, -0.05) is 36.4 Å². The summed E-state index contributed by atoms with van der Waals surface area (Å²) in [5.41, 5.74) is 6.78. The summed E-state index contributed by atoms with van der Waals surface area (Å²) in [7, 11) is -3.90. The minimum Gasteiger partial charge on any atom is -0.350 e. The molecule has 1 atom stereocenters. The molecule has 1 saturated heterocycles. The van der Waals surface area contributed by atoms with Crippen molar-refractivity contribution in [3.8, 4) is 0 Å². The zero-order valence-electron chi connectivity index (χ0n) is 17.7. The summed E-state index contributed by atoms with van der Waals surface area (Å²) in [5, 5.41) is 4.67. The number of nitrogens with one attached hydrogen (secondary N) is 1. The zero-order chi connectivity index (χ0) is 22.7. The van der Waals surface area contributed by atoms with Crippen molar-refractivity contribution in [3.63, 3.8) is 0 Å². The SMILES string of the molecule is NC1CCC(NC(=O)C2N(C(=O)Cc3ccccc3)CCN2S(=O)(=O)c2cccs2)CC1. The van der Waals surface area contributed by atoms with Gasteiger partial charge in [-0.2, -0.15) is 4.31 Å². The highest BCUT2D eigenvalue weighted by Gasteiger charge is 2.47. The number of nitrogens with two attached hydrogens (primary N) is 1. The lowest BCUT2D eigenvalue weighted by Gasteiger charge is -2.32. The summed E-state index contributed by atoms with van der Waals surface area (Å²) in [4.78, 5) is 27.9. The van der Waals surface area contributed by atoms with E-state index in [1.54, 1.807) is 11.4 Å². The van der Waals surface area contributed by atoms with Crippen molar-refractivity contribution in [1.29, 1.82) is 0 Å². The molecule has 1 aliphatic heterocycles. The van der Waals surface area contributed by atoms with E-state index in [1.165, 1.54) is 11.0 Å². The van der Waals surface area contributed by atoms with Crippen LogP contribution in [0, 0.1) is 0 Å². The molecule has 3 N–H and O–H groups in total. The van der Waals surface area contributed by atoms with Crippen LogP contribution in [-0.2, 0) is 26.0 Å². The molecule has 4 rings (SSSR count). The van der Waals surface area contributed by atoms with Crippen molar-refractivity contribution in [2.75, 3.05) is 13.1 Å². The van der Waals surface area contributed by atoms with E-state index in [0.29, 0.717) is 0 Å². The molecule has 172 valence electrons. The first-order valence-electron chi connectivity index (χ1n) is 10.8. The van der Waals surface area contributed by atoms with Gasteiger partial charge in [-0.25, -0.2) is 8.42 Å². The van der Waals surface area contributed by atoms with Crippen LogP contribution in [0.3, 0.4) is 0 Å². The van der Waals surface area contributed by atoms with Crippen molar-refractivity contribution in [3.05, 3.63) is 53.4 Å². The number of hydrogen-bond donors (Lipinski definition) is 2. The molecule has 2 amide bonds. The molecule has 8 nitrogen and oxygen atoms in total. The number of benzene rings is 1. The maximum atomic E-state index is 13.4. The van der Waals surface area contributed by atoms with Crippen molar-refractivity contribution >= 4 is 33.2 Å². The molecule has 1 aliphatic carbocycles. The van der Waals surface area contributed by atoms with E-state index in [9.17, 15) is 18.0 Å². The number of carbonyl (C=O) groups is 2. The predicted molar refractivity (Wildman–Crippen MR) is 122 cm³/mol. The fourth-order valence-corrected chi connectivity index (χ4v) is 6.99. The van der Waals surface area contributed by atoms with Crippen molar-refractivity contribution < 1.29 is 18.0 Å². The van der Waals surface area contributed by atoms with Gasteiger partial charge in [0, 0.05) is 25.2 Å². The normalized spacial score (nSPS) is 24.4. The first-order valence-corrected chi connectivity index (χ1v) is 13.1. The van der Waals surface area contributed by atoms with Gasteiger partial charge in [-0.15, -0.1) is 11.3 Å². The summed E-state index contributed by atoms with van der Waals surface area (Å²) in [5.74, 6) is -0.726. The minimum atomic E-state index is -3.90. The van der Waals surface area contributed by atoms with Gasteiger partial charge in [-0.3, -0.25) is 9.59 Å². The minimum absolute atomic E-state index is 0.0692. The maximum absolute atomic E-state index is 13.4. The Morgan fingerprint density at radius 3 is 2.41 bits per heavy atom. The van der Waals surface area contributed by atoms with Gasteiger partial charge in [0.05, 0.1) is 6.42 Å². The molecular weight excluding hydrogens is 448 g/mol. The summed E-state index contributed by atoms with van der Waals surface area (Å²) >= 11 is 1.10. The first-order chi connectivity index (χ1) is 15.4. The molecule has 0 radical (unpaired) electrons. The largest absolute Gasteiger partial charge is 0.350 e. The number of carbonyl (C=O) groups excluding carboxylic acids is 2. The highest BCUT2D eigenvalue weighted by atomic mass is 32.2. The topological polar surface area (TPSA) is 113 Å². The van der Waals surface area contributed by atoms with E-state index >= 15 is 0 Å². The Hall–Kier alpha value is -2.27. The average Bonchev–Trinajstić information content (AvgIpc) is 3.47. The van der Waals surface area contributed by atoms with Gasteiger partial charge in [-0.05, 0) is 42.7 Å². The Kier molecular flexibility index (Phi) is 6.94. The lowest BCUT2D eigenvalue weighted by atomic mass is 9.92. The van der Waals surface area contributed by atoms with Crippen LogP contribution in [0.4, 0.5) is 0 Å². The molecule has 1 aromatic heterocycles. The average molecular weight is 477 g/mol. The molecular formula is C22H28N4O4S2.